The summed E-state index contributed by atoms with van der Waals surface area (Å²) in [6.07, 6.45) is 7.93. The molecule has 0 spiro atoms. The van der Waals surface area contributed by atoms with Crippen LogP contribution < -0.4 is 11.5 Å². The molecule has 0 heterocycles. The van der Waals surface area contributed by atoms with Gasteiger partial charge < -0.3 is 11.5 Å². The van der Waals surface area contributed by atoms with Gasteiger partial charge >= 0.3 is 0 Å². The molecule has 0 radical (unpaired) electrons. The number of nitrogens with two attached hydrogens (primary N) is 2. The maximum atomic E-state index is 6.31. The molecule has 2 rings (SSSR count). The van der Waals surface area contributed by atoms with E-state index in [1.165, 1.54) is 43.2 Å². The lowest BCUT2D eigenvalue weighted by molar-refractivity contribution is 0.427. The molecule has 2 atom stereocenters. The Morgan fingerprint density at radius 2 is 1.74 bits per heavy atom. The van der Waals surface area contributed by atoms with Crippen molar-refractivity contribution in [3.8, 4) is 0 Å². The van der Waals surface area contributed by atoms with Gasteiger partial charge in [0.05, 0.1) is 0 Å². The lowest BCUT2D eigenvalue weighted by Crippen LogP contribution is -2.27. The summed E-state index contributed by atoms with van der Waals surface area (Å²) < 4.78 is 0. The summed E-state index contributed by atoms with van der Waals surface area (Å²) in [7, 11) is 0. The Morgan fingerprint density at radius 1 is 1.11 bits per heavy atom. The highest BCUT2D eigenvalue weighted by atomic mass is 14.7. The van der Waals surface area contributed by atoms with Crippen LogP contribution in [0.4, 0.5) is 0 Å². The van der Waals surface area contributed by atoms with Gasteiger partial charge in [-0.05, 0) is 42.3 Å². The molecule has 0 aromatic heterocycles. The Morgan fingerprint density at radius 3 is 2.26 bits per heavy atom. The fraction of sp³-hybridized carbons (Fsp3) is 0.647. The Bertz CT molecular complexity index is 361. The summed E-state index contributed by atoms with van der Waals surface area (Å²) in [6, 6.07) is 9.08. The molecule has 0 aliphatic heterocycles. The zero-order valence-corrected chi connectivity index (χ0v) is 12.1. The molecule has 2 unspecified atom stereocenters. The lowest BCUT2D eigenvalue weighted by Gasteiger charge is -2.24. The molecule has 1 fully saturated rings. The van der Waals surface area contributed by atoms with E-state index < -0.39 is 0 Å². The van der Waals surface area contributed by atoms with Crippen LogP contribution in [-0.2, 0) is 0 Å². The first-order valence-corrected chi connectivity index (χ1v) is 7.81. The van der Waals surface area contributed by atoms with E-state index in [0.29, 0.717) is 12.5 Å². The number of benzene rings is 1. The molecular weight excluding hydrogens is 232 g/mol. The average Bonchev–Trinajstić information content (AvgIpc) is 2.49. The monoisotopic (exact) mass is 260 g/mol. The largest absolute Gasteiger partial charge is 0.330 e. The van der Waals surface area contributed by atoms with Gasteiger partial charge in [-0.25, -0.2) is 0 Å². The van der Waals surface area contributed by atoms with E-state index >= 15 is 0 Å². The minimum absolute atomic E-state index is 0.0791. The summed E-state index contributed by atoms with van der Waals surface area (Å²) in [5.74, 6) is 1.16. The standard InChI is InChI=1S/C17H28N2/c1-2-13(12-18)17(19)16-10-8-15(9-11-16)14-6-4-3-5-7-14/h8-11,13-14,17H,2-7,12,18-19H2,1H3. The third-order valence-electron chi connectivity index (χ3n) is 4.73. The van der Waals surface area contributed by atoms with E-state index in [1.807, 2.05) is 0 Å². The Labute approximate surface area is 117 Å². The molecule has 19 heavy (non-hydrogen) atoms. The van der Waals surface area contributed by atoms with Crippen LogP contribution in [0.2, 0.25) is 0 Å². The molecule has 0 bridgehead atoms. The first kappa shape index (κ1) is 14.5. The van der Waals surface area contributed by atoms with Crippen LogP contribution >= 0.6 is 0 Å². The van der Waals surface area contributed by atoms with Crippen molar-refractivity contribution in [2.24, 2.45) is 17.4 Å². The Kier molecular flexibility index (Phi) is 5.41. The van der Waals surface area contributed by atoms with Gasteiger partial charge in [0.1, 0.15) is 0 Å². The van der Waals surface area contributed by atoms with Gasteiger partial charge in [-0.3, -0.25) is 0 Å². The third kappa shape index (κ3) is 3.58. The number of hydrogen-bond donors (Lipinski definition) is 2. The average molecular weight is 260 g/mol. The molecule has 1 saturated carbocycles. The van der Waals surface area contributed by atoms with Gasteiger partial charge in [0, 0.05) is 6.04 Å². The molecule has 1 aliphatic rings. The minimum atomic E-state index is 0.0791. The normalized spacial score (nSPS) is 20.2. The summed E-state index contributed by atoms with van der Waals surface area (Å²) in [5.41, 5.74) is 14.8. The van der Waals surface area contributed by atoms with E-state index in [-0.39, 0.29) is 6.04 Å². The van der Waals surface area contributed by atoms with Crippen molar-refractivity contribution in [1.82, 2.24) is 0 Å². The molecule has 1 aliphatic carbocycles. The van der Waals surface area contributed by atoms with Crippen molar-refractivity contribution in [1.29, 1.82) is 0 Å². The van der Waals surface area contributed by atoms with Gasteiger partial charge in [0.15, 0.2) is 0 Å². The van der Waals surface area contributed by atoms with E-state index in [0.717, 1.165) is 12.3 Å². The van der Waals surface area contributed by atoms with Crippen molar-refractivity contribution < 1.29 is 0 Å². The number of rotatable bonds is 5. The molecule has 0 amide bonds. The SMILES string of the molecule is CCC(CN)C(N)c1ccc(C2CCCCC2)cc1. The third-order valence-corrected chi connectivity index (χ3v) is 4.73. The second-order valence-corrected chi connectivity index (χ2v) is 5.93. The molecule has 2 nitrogen and oxygen atoms in total. The summed E-state index contributed by atoms with van der Waals surface area (Å²) in [4.78, 5) is 0. The van der Waals surface area contributed by atoms with E-state index in [4.69, 9.17) is 11.5 Å². The van der Waals surface area contributed by atoms with Crippen LogP contribution in [-0.4, -0.2) is 6.54 Å². The zero-order chi connectivity index (χ0) is 13.7. The fourth-order valence-corrected chi connectivity index (χ4v) is 3.27. The van der Waals surface area contributed by atoms with Gasteiger partial charge in [0.25, 0.3) is 0 Å². The highest BCUT2D eigenvalue weighted by Crippen LogP contribution is 2.33. The topological polar surface area (TPSA) is 52.0 Å². The van der Waals surface area contributed by atoms with Crippen molar-refractivity contribution >= 4 is 0 Å². The highest BCUT2D eigenvalue weighted by molar-refractivity contribution is 5.28. The zero-order valence-electron chi connectivity index (χ0n) is 12.1. The first-order valence-electron chi connectivity index (χ1n) is 7.81. The predicted octanol–water partition coefficient (Wildman–Crippen LogP) is 3.72. The molecule has 2 heteroatoms. The van der Waals surface area contributed by atoms with Gasteiger partial charge in [-0.15, -0.1) is 0 Å². The highest BCUT2D eigenvalue weighted by Gasteiger charge is 2.18. The molecule has 1 aromatic carbocycles. The van der Waals surface area contributed by atoms with Crippen molar-refractivity contribution in [2.45, 2.75) is 57.4 Å². The fourth-order valence-electron chi connectivity index (χ4n) is 3.27. The first-order chi connectivity index (χ1) is 9.26. The molecule has 1 aromatic rings. The van der Waals surface area contributed by atoms with Crippen LogP contribution in [0.3, 0.4) is 0 Å². The smallest absolute Gasteiger partial charge is 0.0335 e. The predicted molar refractivity (Wildman–Crippen MR) is 82.0 cm³/mol. The molecule has 106 valence electrons. The van der Waals surface area contributed by atoms with Crippen LogP contribution in [0, 0.1) is 5.92 Å². The Balaban J connectivity index is 2.04. The van der Waals surface area contributed by atoms with E-state index in [2.05, 4.69) is 31.2 Å². The van der Waals surface area contributed by atoms with Crippen LogP contribution in [0.25, 0.3) is 0 Å². The Hall–Kier alpha value is -0.860. The maximum Gasteiger partial charge on any atom is 0.0335 e. The van der Waals surface area contributed by atoms with E-state index in [9.17, 15) is 0 Å². The van der Waals surface area contributed by atoms with E-state index in [1.54, 1.807) is 0 Å². The van der Waals surface area contributed by atoms with Gasteiger partial charge in [-0.1, -0.05) is 56.9 Å². The second-order valence-electron chi connectivity index (χ2n) is 5.93. The van der Waals surface area contributed by atoms with Crippen LogP contribution in [0.15, 0.2) is 24.3 Å². The molecule has 0 saturated heterocycles. The van der Waals surface area contributed by atoms with Gasteiger partial charge in [-0.2, -0.15) is 0 Å². The second kappa shape index (κ2) is 7.06. The summed E-state index contributed by atoms with van der Waals surface area (Å²) in [6.45, 7) is 2.83. The molecule has 4 N–H and O–H groups in total. The summed E-state index contributed by atoms with van der Waals surface area (Å²) >= 11 is 0. The molecular formula is C17H28N2. The van der Waals surface area contributed by atoms with Crippen molar-refractivity contribution in [3.05, 3.63) is 35.4 Å². The van der Waals surface area contributed by atoms with Crippen molar-refractivity contribution in [3.63, 3.8) is 0 Å². The van der Waals surface area contributed by atoms with Crippen LogP contribution in [0.5, 0.6) is 0 Å². The van der Waals surface area contributed by atoms with Crippen molar-refractivity contribution in [2.75, 3.05) is 6.54 Å². The van der Waals surface area contributed by atoms with Gasteiger partial charge in [0.2, 0.25) is 0 Å². The van der Waals surface area contributed by atoms with Crippen LogP contribution in [0.1, 0.15) is 68.5 Å². The quantitative estimate of drug-likeness (QED) is 0.847. The minimum Gasteiger partial charge on any atom is -0.330 e. The maximum absolute atomic E-state index is 6.31. The lowest BCUT2D eigenvalue weighted by atomic mass is 9.83. The number of hydrogen-bond acceptors (Lipinski definition) is 2. The summed E-state index contributed by atoms with van der Waals surface area (Å²) in [5, 5.41) is 0.